The van der Waals surface area contributed by atoms with Gasteiger partial charge in [-0.25, -0.2) is 4.98 Å². The van der Waals surface area contributed by atoms with Crippen LogP contribution in [0.4, 0.5) is 0 Å². The first kappa shape index (κ1) is 15.8. The van der Waals surface area contributed by atoms with Gasteiger partial charge in [-0.3, -0.25) is 4.79 Å². The number of aliphatic hydroxyl groups is 1. The topological polar surface area (TPSA) is 74.7 Å². The van der Waals surface area contributed by atoms with E-state index < -0.39 is 0 Å². The monoisotopic (exact) mass is 318 g/mol. The number of rotatable bonds is 5. The van der Waals surface area contributed by atoms with Crippen LogP contribution in [0, 0.1) is 5.92 Å². The summed E-state index contributed by atoms with van der Waals surface area (Å²) >= 11 is 0. The zero-order valence-electron chi connectivity index (χ0n) is 13.4. The van der Waals surface area contributed by atoms with E-state index in [0.717, 1.165) is 0 Å². The maximum absolute atomic E-state index is 12.6. The van der Waals surface area contributed by atoms with Gasteiger partial charge in [0.25, 0.3) is 5.91 Å². The fourth-order valence-electron chi connectivity index (χ4n) is 3.08. The second kappa shape index (κ2) is 6.55. The van der Waals surface area contributed by atoms with Crippen molar-refractivity contribution in [2.45, 2.75) is 12.6 Å². The van der Waals surface area contributed by atoms with Gasteiger partial charge in [-0.05, 0) is 26.2 Å². The van der Waals surface area contributed by atoms with E-state index in [1.165, 1.54) is 0 Å². The summed E-state index contributed by atoms with van der Waals surface area (Å²) in [5.74, 6) is 1.02. The molecular weight excluding hydrogens is 296 g/mol. The second-order valence-corrected chi connectivity index (χ2v) is 6.18. The van der Waals surface area contributed by atoms with Crippen LogP contribution in [0.15, 0.2) is 35.3 Å². The zero-order valence-corrected chi connectivity index (χ0v) is 13.4. The summed E-state index contributed by atoms with van der Waals surface area (Å²) in [5.41, 5.74) is 0. The molecule has 2 aromatic heterocycles. The SMILES string of the molecule is CN(C)[C@@H]1CN(C(=O)c2ccc(Cn3ccnc3)o2)C[C@H]1CO. The molecule has 1 fully saturated rings. The number of hydrogen-bond acceptors (Lipinski definition) is 5. The van der Waals surface area contributed by atoms with Gasteiger partial charge in [0.2, 0.25) is 0 Å². The first-order chi connectivity index (χ1) is 11.1. The van der Waals surface area contributed by atoms with E-state index in [1.807, 2.05) is 30.9 Å². The molecule has 1 amide bonds. The van der Waals surface area contributed by atoms with Crippen LogP contribution in [-0.2, 0) is 6.54 Å². The highest BCUT2D eigenvalue weighted by Gasteiger charge is 2.37. The van der Waals surface area contributed by atoms with Crippen LogP contribution in [-0.4, -0.2) is 70.2 Å². The Hall–Kier alpha value is -2.12. The molecule has 7 heteroatoms. The van der Waals surface area contributed by atoms with Crippen LogP contribution in [0.1, 0.15) is 16.3 Å². The zero-order chi connectivity index (χ0) is 16.4. The Labute approximate surface area is 135 Å². The number of nitrogens with zero attached hydrogens (tertiary/aromatic N) is 4. The highest BCUT2D eigenvalue weighted by molar-refractivity contribution is 5.91. The smallest absolute Gasteiger partial charge is 0.289 e. The Morgan fingerprint density at radius 1 is 1.43 bits per heavy atom. The molecule has 3 heterocycles. The van der Waals surface area contributed by atoms with Gasteiger partial charge in [-0.15, -0.1) is 0 Å². The van der Waals surface area contributed by atoms with Crippen molar-refractivity contribution in [3.63, 3.8) is 0 Å². The minimum absolute atomic E-state index is 0.0781. The molecule has 1 N–H and O–H groups in total. The molecule has 23 heavy (non-hydrogen) atoms. The first-order valence-corrected chi connectivity index (χ1v) is 7.69. The Kier molecular flexibility index (Phi) is 4.49. The highest BCUT2D eigenvalue weighted by Crippen LogP contribution is 2.23. The third-order valence-corrected chi connectivity index (χ3v) is 4.36. The average Bonchev–Trinajstić information content (AvgIpc) is 3.27. The lowest BCUT2D eigenvalue weighted by molar-refractivity contribution is 0.0745. The standard InChI is InChI=1S/C16H22N4O3/c1-18(2)14-9-20(7-12(14)10-21)16(22)15-4-3-13(23-15)8-19-6-5-17-11-19/h3-6,11-12,14,21H,7-10H2,1-2H3/t12-,14+/m0/s1. The summed E-state index contributed by atoms with van der Waals surface area (Å²) in [7, 11) is 3.94. The molecule has 7 nitrogen and oxygen atoms in total. The predicted octanol–water partition coefficient (Wildman–Crippen LogP) is 0.519. The van der Waals surface area contributed by atoms with Crippen molar-refractivity contribution in [2.75, 3.05) is 33.8 Å². The number of imidazole rings is 1. The fourth-order valence-corrected chi connectivity index (χ4v) is 3.08. The molecule has 2 aromatic rings. The molecule has 1 saturated heterocycles. The van der Waals surface area contributed by atoms with Gasteiger partial charge >= 0.3 is 0 Å². The molecule has 1 aliphatic rings. The van der Waals surface area contributed by atoms with E-state index in [2.05, 4.69) is 9.88 Å². The van der Waals surface area contributed by atoms with E-state index in [-0.39, 0.29) is 24.5 Å². The van der Waals surface area contributed by atoms with Crippen molar-refractivity contribution in [1.29, 1.82) is 0 Å². The van der Waals surface area contributed by atoms with E-state index >= 15 is 0 Å². The minimum Gasteiger partial charge on any atom is -0.454 e. The lowest BCUT2D eigenvalue weighted by Gasteiger charge is -2.23. The molecule has 0 unspecified atom stereocenters. The van der Waals surface area contributed by atoms with Crippen molar-refractivity contribution >= 4 is 5.91 Å². The lowest BCUT2D eigenvalue weighted by atomic mass is 10.0. The number of hydrogen-bond donors (Lipinski definition) is 1. The number of amides is 1. The van der Waals surface area contributed by atoms with Crippen LogP contribution in [0.2, 0.25) is 0 Å². The number of carbonyl (C=O) groups excluding carboxylic acids is 1. The van der Waals surface area contributed by atoms with Gasteiger partial charge in [0.05, 0.1) is 12.9 Å². The fraction of sp³-hybridized carbons (Fsp3) is 0.500. The summed E-state index contributed by atoms with van der Waals surface area (Å²) in [6.45, 7) is 1.79. The Balaban J connectivity index is 1.68. The number of aliphatic hydroxyl groups excluding tert-OH is 1. The Morgan fingerprint density at radius 2 is 2.26 bits per heavy atom. The van der Waals surface area contributed by atoms with Crippen molar-refractivity contribution in [3.8, 4) is 0 Å². The van der Waals surface area contributed by atoms with E-state index in [1.54, 1.807) is 23.5 Å². The van der Waals surface area contributed by atoms with Crippen LogP contribution in [0.3, 0.4) is 0 Å². The highest BCUT2D eigenvalue weighted by atomic mass is 16.4. The summed E-state index contributed by atoms with van der Waals surface area (Å²) in [6, 6.07) is 3.70. The normalized spacial score (nSPS) is 21.3. The van der Waals surface area contributed by atoms with Crippen molar-refractivity contribution in [1.82, 2.24) is 19.4 Å². The molecule has 0 aromatic carbocycles. The van der Waals surface area contributed by atoms with Crippen LogP contribution < -0.4 is 0 Å². The summed E-state index contributed by atoms with van der Waals surface area (Å²) in [5, 5.41) is 9.51. The van der Waals surface area contributed by atoms with Gasteiger partial charge in [-0.2, -0.15) is 0 Å². The number of carbonyl (C=O) groups is 1. The third kappa shape index (κ3) is 3.30. The number of likely N-dealkylation sites (N-methyl/N-ethyl adjacent to an activating group) is 1. The van der Waals surface area contributed by atoms with E-state index in [4.69, 9.17) is 4.42 Å². The van der Waals surface area contributed by atoms with Crippen molar-refractivity contribution in [3.05, 3.63) is 42.4 Å². The molecule has 1 aliphatic heterocycles. The lowest BCUT2D eigenvalue weighted by Crippen LogP contribution is -2.37. The minimum atomic E-state index is -0.121. The van der Waals surface area contributed by atoms with E-state index in [0.29, 0.717) is 31.2 Å². The number of likely N-dealkylation sites (tertiary alicyclic amines) is 1. The molecule has 0 radical (unpaired) electrons. The molecule has 3 rings (SSSR count). The van der Waals surface area contributed by atoms with Gasteiger partial charge in [0, 0.05) is 44.0 Å². The second-order valence-electron chi connectivity index (χ2n) is 6.18. The molecule has 0 aliphatic carbocycles. The average molecular weight is 318 g/mol. The summed E-state index contributed by atoms with van der Waals surface area (Å²) in [4.78, 5) is 20.4. The Morgan fingerprint density at radius 3 is 2.87 bits per heavy atom. The van der Waals surface area contributed by atoms with E-state index in [9.17, 15) is 9.90 Å². The van der Waals surface area contributed by atoms with Crippen LogP contribution >= 0.6 is 0 Å². The molecule has 0 bridgehead atoms. The quantitative estimate of drug-likeness (QED) is 0.870. The summed E-state index contributed by atoms with van der Waals surface area (Å²) in [6.07, 6.45) is 5.26. The number of furan rings is 1. The van der Waals surface area contributed by atoms with Gasteiger partial charge < -0.3 is 23.9 Å². The molecule has 124 valence electrons. The van der Waals surface area contributed by atoms with Gasteiger partial charge in [-0.1, -0.05) is 0 Å². The predicted molar refractivity (Wildman–Crippen MR) is 84.0 cm³/mol. The van der Waals surface area contributed by atoms with Crippen LogP contribution in [0.25, 0.3) is 0 Å². The molecular formula is C16H22N4O3. The maximum Gasteiger partial charge on any atom is 0.289 e. The van der Waals surface area contributed by atoms with Crippen molar-refractivity contribution in [2.24, 2.45) is 5.92 Å². The third-order valence-electron chi connectivity index (χ3n) is 4.36. The largest absolute Gasteiger partial charge is 0.454 e. The summed E-state index contributed by atoms with van der Waals surface area (Å²) < 4.78 is 7.56. The number of aromatic nitrogens is 2. The maximum atomic E-state index is 12.6. The van der Waals surface area contributed by atoms with Gasteiger partial charge in [0.1, 0.15) is 5.76 Å². The first-order valence-electron chi connectivity index (χ1n) is 7.69. The van der Waals surface area contributed by atoms with Gasteiger partial charge in [0.15, 0.2) is 5.76 Å². The molecule has 0 spiro atoms. The molecule has 0 saturated carbocycles. The molecule has 2 atom stereocenters. The Bertz CT molecular complexity index is 650. The van der Waals surface area contributed by atoms with Crippen LogP contribution in [0.5, 0.6) is 0 Å². The van der Waals surface area contributed by atoms with Crippen molar-refractivity contribution < 1.29 is 14.3 Å².